The first kappa shape index (κ1) is 7.76. The maximum absolute atomic E-state index is 10.3. The molecule has 63 valence electrons. The summed E-state index contributed by atoms with van der Waals surface area (Å²) in [6.07, 6.45) is 2.48. The number of hydrogen-bond donors (Lipinski definition) is 0. The van der Waals surface area contributed by atoms with Crippen molar-refractivity contribution in [1.82, 2.24) is 9.38 Å². The van der Waals surface area contributed by atoms with Crippen LogP contribution in [0, 0.1) is 6.92 Å². The summed E-state index contributed by atoms with van der Waals surface area (Å²) in [6.45, 7) is 1.95. The van der Waals surface area contributed by atoms with Gasteiger partial charge >= 0.3 is 0 Å². The number of nitrogens with zero attached hydrogens (tertiary/aromatic N) is 2. The molecule has 0 unspecified atom stereocenters. The van der Waals surface area contributed by atoms with Crippen molar-refractivity contribution in [3.8, 4) is 0 Å². The first-order valence-corrected chi connectivity index (χ1v) is 4.69. The predicted molar refractivity (Wildman–Crippen MR) is 47.1 cm³/mol. The van der Waals surface area contributed by atoms with Crippen LogP contribution in [-0.4, -0.2) is 16.0 Å². The van der Waals surface area contributed by atoms with Gasteiger partial charge in [-0.2, -0.15) is 0 Å². The number of hydrogen-bond acceptors (Lipinski definition) is 2. The minimum atomic E-state index is -0.0795. The van der Waals surface area contributed by atoms with Crippen molar-refractivity contribution >= 4 is 16.3 Å². The summed E-state index contributed by atoms with van der Waals surface area (Å²) in [5.74, 6) is 0. The summed E-state index contributed by atoms with van der Waals surface area (Å²) in [7, 11) is 0. The van der Waals surface area contributed by atoms with E-state index in [1.807, 2.05) is 17.5 Å². The molecule has 0 bridgehead atoms. The zero-order chi connectivity index (χ0) is 8.55. The van der Waals surface area contributed by atoms with E-state index in [-0.39, 0.29) is 6.61 Å². The molecule has 3 nitrogen and oxygen atoms in total. The van der Waals surface area contributed by atoms with Gasteiger partial charge in [0.15, 0.2) is 4.96 Å². The van der Waals surface area contributed by atoms with E-state index in [0.717, 1.165) is 10.7 Å². The third-order valence-corrected chi connectivity index (χ3v) is 2.75. The topological polar surface area (TPSA) is 37.2 Å². The zero-order valence-corrected chi connectivity index (χ0v) is 7.60. The molecule has 2 aromatic rings. The molecule has 2 heterocycles. The second-order valence-corrected chi connectivity index (χ2v) is 3.55. The molecule has 4 heteroatoms. The fourth-order valence-corrected chi connectivity index (χ4v) is 2.04. The smallest absolute Gasteiger partial charge is 0.194 e. The lowest BCUT2D eigenvalue weighted by Crippen LogP contribution is -1.88. The van der Waals surface area contributed by atoms with E-state index in [4.69, 9.17) is 0 Å². The Morgan fingerprint density at radius 2 is 2.50 bits per heavy atom. The maximum Gasteiger partial charge on any atom is 0.194 e. The van der Waals surface area contributed by atoms with Gasteiger partial charge in [-0.1, -0.05) is 0 Å². The number of thiazole rings is 1. The molecule has 12 heavy (non-hydrogen) atoms. The molecule has 0 amide bonds. The third kappa shape index (κ3) is 1.13. The number of rotatable bonds is 2. The number of aryl methyl sites for hydroxylation is 1. The van der Waals surface area contributed by atoms with Gasteiger partial charge in [0.2, 0.25) is 0 Å². The fraction of sp³-hybridized carbons (Fsp3) is 0.375. The maximum atomic E-state index is 10.3. The molecule has 1 radical (unpaired) electrons. The highest BCUT2D eigenvalue weighted by Gasteiger charge is 2.03. The Morgan fingerprint density at radius 1 is 1.67 bits per heavy atom. The van der Waals surface area contributed by atoms with Crippen LogP contribution < -0.4 is 0 Å². The number of fused-ring (bicyclic) bond motifs is 1. The lowest BCUT2D eigenvalue weighted by molar-refractivity contribution is 0.196. The van der Waals surface area contributed by atoms with Crippen LogP contribution in [0.5, 0.6) is 0 Å². The van der Waals surface area contributed by atoms with Crippen molar-refractivity contribution in [1.29, 1.82) is 0 Å². The fourth-order valence-electron chi connectivity index (χ4n) is 1.17. The van der Waals surface area contributed by atoms with Crippen LogP contribution in [0.2, 0.25) is 0 Å². The lowest BCUT2D eigenvalue weighted by Gasteiger charge is -1.86. The van der Waals surface area contributed by atoms with Crippen LogP contribution in [0.3, 0.4) is 0 Å². The Morgan fingerprint density at radius 3 is 3.17 bits per heavy atom. The van der Waals surface area contributed by atoms with Gasteiger partial charge in [-0.15, -0.1) is 11.3 Å². The molecule has 0 aliphatic carbocycles. The van der Waals surface area contributed by atoms with E-state index in [2.05, 4.69) is 10.4 Å². The van der Waals surface area contributed by atoms with Gasteiger partial charge < -0.3 is 0 Å². The van der Waals surface area contributed by atoms with Gasteiger partial charge in [-0.3, -0.25) is 4.40 Å². The molecular formula is C8H9N2OS. The van der Waals surface area contributed by atoms with Crippen LogP contribution in [-0.2, 0) is 11.5 Å². The van der Waals surface area contributed by atoms with Crippen molar-refractivity contribution in [2.24, 2.45) is 0 Å². The van der Waals surface area contributed by atoms with Crippen LogP contribution in [0.15, 0.2) is 11.6 Å². The van der Waals surface area contributed by atoms with Crippen molar-refractivity contribution in [2.75, 3.05) is 6.61 Å². The molecule has 0 fully saturated rings. The van der Waals surface area contributed by atoms with Crippen molar-refractivity contribution in [3.63, 3.8) is 0 Å². The quantitative estimate of drug-likeness (QED) is 0.694. The van der Waals surface area contributed by atoms with E-state index in [1.165, 1.54) is 5.69 Å². The van der Waals surface area contributed by atoms with Crippen LogP contribution in [0.4, 0.5) is 0 Å². The Labute approximate surface area is 74.3 Å². The first-order chi connectivity index (χ1) is 5.81. The zero-order valence-electron chi connectivity index (χ0n) is 6.78. The van der Waals surface area contributed by atoms with Gasteiger partial charge in [0.1, 0.15) is 0 Å². The van der Waals surface area contributed by atoms with Crippen LogP contribution >= 0.6 is 11.3 Å². The Kier molecular flexibility index (Phi) is 1.86. The Balaban J connectivity index is 2.48. The number of aromatic nitrogens is 2. The molecule has 0 spiro atoms. The molecular weight excluding hydrogens is 172 g/mol. The summed E-state index contributed by atoms with van der Waals surface area (Å²) >= 11 is 1.61. The van der Waals surface area contributed by atoms with Crippen LogP contribution in [0.1, 0.15) is 11.4 Å². The summed E-state index contributed by atoms with van der Waals surface area (Å²) < 4.78 is 2.02. The largest absolute Gasteiger partial charge is 0.295 e. The molecule has 0 N–H and O–H groups in total. The number of imidazole rings is 1. The highest BCUT2D eigenvalue weighted by Crippen LogP contribution is 2.15. The standard InChI is InChI=1S/C8H9N2OS/c1-6-5-12-8-9-7(2-3-11)4-10(6)8/h4-5H,2-3H2,1H3. The van der Waals surface area contributed by atoms with Gasteiger partial charge in [0, 0.05) is 23.7 Å². The molecule has 0 saturated carbocycles. The van der Waals surface area contributed by atoms with E-state index in [1.54, 1.807) is 11.3 Å². The molecule has 2 rings (SSSR count). The molecule has 0 aromatic carbocycles. The summed E-state index contributed by atoms with van der Waals surface area (Å²) in [6, 6.07) is 0. The third-order valence-electron chi connectivity index (χ3n) is 1.80. The van der Waals surface area contributed by atoms with Crippen molar-refractivity contribution in [3.05, 3.63) is 23.0 Å². The highest BCUT2D eigenvalue weighted by atomic mass is 32.1. The van der Waals surface area contributed by atoms with E-state index < -0.39 is 0 Å². The minimum absolute atomic E-state index is 0.0795. The van der Waals surface area contributed by atoms with Gasteiger partial charge in [0.25, 0.3) is 0 Å². The molecule has 0 aliphatic heterocycles. The Hall–Kier alpha value is -0.870. The predicted octanol–water partition coefficient (Wildman–Crippen LogP) is 1.68. The monoisotopic (exact) mass is 181 g/mol. The molecule has 0 saturated heterocycles. The highest BCUT2D eigenvalue weighted by molar-refractivity contribution is 7.15. The molecule has 2 aromatic heterocycles. The van der Waals surface area contributed by atoms with Crippen LogP contribution in [0.25, 0.3) is 4.96 Å². The summed E-state index contributed by atoms with van der Waals surface area (Å²) in [5, 5.41) is 12.4. The van der Waals surface area contributed by atoms with E-state index in [0.29, 0.717) is 6.42 Å². The summed E-state index contributed by atoms with van der Waals surface area (Å²) in [5.41, 5.74) is 2.08. The minimum Gasteiger partial charge on any atom is -0.295 e. The summed E-state index contributed by atoms with van der Waals surface area (Å²) in [4.78, 5) is 5.29. The average molecular weight is 181 g/mol. The average Bonchev–Trinajstić information content (AvgIpc) is 2.55. The Bertz CT molecular complexity index is 391. The SMILES string of the molecule is Cc1csc2nc(CC[O])cn12. The molecule has 0 atom stereocenters. The van der Waals surface area contributed by atoms with Gasteiger partial charge in [-0.05, 0) is 6.92 Å². The van der Waals surface area contributed by atoms with Crippen molar-refractivity contribution in [2.45, 2.75) is 13.3 Å². The molecule has 0 aliphatic rings. The van der Waals surface area contributed by atoms with Gasteiger partial charge in [0.05, 0.1) is 12.3 Å². The second kappa shape index (κ2) is 2.88. The second-order valence-electron chi connectivity index (χ2n) is 2.72. The lowest BCUT2D eigenvalue weighted by atomic mass is 10.3. The normalized spacial score (nSPS) is 11.2. The first-order valence-electron chi connectivity index (χ1n) is 3.81. The van der Waals surface area contributed by atoms with E-state index in [9.17, 15) is 5.11 Å². The van der Waals surface area contributed by atoms with Gasteiger partial charge in [-0.25, -0.2) is 10.1 Å². The van der Waals surface area contributed by atoms with E-state index >= 15 is 0 Å². The van der Waals surface area contributed by atoms with Crippen molar-refractivity contribution < 1.29 is 5.11 Å².